The monoisotopic (exact) mass is 497 g/mol. The predicted octanol–water partition coefficient (Wildman–Crippen LogP) is 6.04. The number of fused-ring (bicyclic) bond motifs is 1. The number of hydrogen-bond donors (Lipinski definition) is 3. The van der Waals surface area contributed by atoms with Crippen LogP contribution in [0.1, 0.15) is 15.9 Å². The molecule has 0 fully saturated rings. The van der Waals surface area contributed by atoms with Crippen LogP contribution < -0.4 is 16.3 Å². The highest BCUT2D eigenvalue weighted by Crippen LogP contribution is 2.23. The van der Waals surface area contributed by atoms with Crippen LogP contribution >= 0.6 is 27.5 Å². The third-order valence-electron chi connectivity index (χ3n) is 4.55. The lowest BCUT2D eigenvalue weighted by Gasteiger charge is -2.09. The number of aromatic hydroxyl groups is 1. The molecule has 4 rings (SSSR count). The molecule has 0 saturated heterocycles. The summed E-state index contributed by atoms with van der Waals surface area (Å²) >= 11 is 9.35. The number of amides is 1. The molecule has 0 bridgehead atoms. The molecule has 0 aliphatic heterocycles. The van der Waals surface area contributed by atoms with Gasteiger partial charge in [0.1, 0.15) is 16.9 Å². The molecule has 6 nitrogen and oxygen atoms in total. The lowest BCUT2D eigenvalue weighted by Crippen LogP contribution is -2.22. The van der Waals surface area contributed by atoms with E-state index >= 15 is 0 Å². The van der Waals surface area contributed by atoms with Gasteiger partial charge in [0.2, 0.25) is 5.55 Å². The van der Waals surface area contributed by atoms with Gasteiger partial charge in [-0.1, -0.05) is 33.6 Å². The first-order chi connectivity index (χ1) is 14.9. The van der Waals surface area contributed by atoms with E-state index in [4.69, 9.17) is 16.0 Å². The molecule has 0 unspecified atom stereocenters. The molecule has 0 spiro atoms. The molecular formula is C23H17BrClN3O3. The number of phenols is 1. The Morgan fingerprint density at radius 2 is 1.77 bits per heavy atom. The first-order valence-corrected chi connectivity index (χ1v) is 10.5. The summed E-state index contributed by atoms with van der Waals surface area (Å²) in [6, 6.07) is 19.1. The maximum atomic E-state index is 13.0. The van der Waals surface area contributed by atoms with E-state index < -0.39 is 5.91 Å². The van der Waals surface area contributed by atoms with Crippen LogP contribution in [-0.4, -0.2) is 11.0 Å². The Bertz CT molecular complexity index is 1350. The standard InChI is InChI=1S/C23H17BrClN3O3/c1-13-2-6-18(12-20(13)29)26-22(30)19-11-14-10-15(24)3-9-21(14)31-23(19)28-27-17-7-4-16(25)5-8-17/h2-12,27,29H,1H3,(H,26,30)/b28-23+. The minimum absolute atomic E-state index is 0.0965. The van der Waals surface area contributed by atoms with E-state index in [1.165, 1.54) is 6.07 Å². The fourth-order valence-corrected chi connectivity index (χ4v) is 3.38. The quantitative estimate of drug-likeness (QED) is 0.299. The van der Waals surface area contributed by atoms with Crippen LogP contribution in [0.25, 0.3) is 11.0 Å². The molecule has 156 valence electrons. The SMILES string of the molecule is Cc1ccc(NC(=O)c2cc3cc(Br)ccc3o/c2=N/Nc2ccc(Cl)cc2)cc1O. The van der Waals surface area contributed by atoms with Crippen molar-refractivity contribution in [3.8, 4) is 5.75 Å². The zero-order valence-corrected chi connectivity index (χ0v) is 18.7. The number of rotatable bonds is 4. The normalized spacial score (nSPS) is 11.5. The summed E-state index contributed by atoms with van der Waals surface area (Å²) in [5, 5.41) is 18.3. The maximum Gasteiger partial charge on any atom is 0.261 e. The van der Waals surface area contributed by atoms with Crippen molar-refractivity contribution in [1.29, 1.82) is 0 Å². The number of nitrogens with zero attached hydrogens (tertiary/aromatic N) is 1. The van der Waals surface area contributed by atoms with Crippen molar-refractivity contribution in [2.24, 2.45) is 5.10 Å². The zero-order chi connectivity index (χ0) is 22.0. The third-order valence-corrected chi connectivity index (χ3v) is 5.30. The molecule has 1 heterocycles. The smallest absolute Gasteiger partial charge is 0.261 e. The summed E-state index contributed by atoms with van der Waals surface area (Å²) in [6.45, 7) is 1.78. The van der Waals surface area contributed by atoms with Crippen LogP contribution in [0.5, 0.6) is 5.75 Å². The molecule has 3 N–H and O–H groups in total. The second kappa shape index (κ2) is 8.83. The fraction of sp³-hybridized carbons (Fsp3) is 0.0435. The second-order valence-corrected chi connectivity index (χ2v) is 8.19. The van der Waals surface area contributed by atoms with Crippen LogP contribution in [-0.2, 0) is 0 Å². The van der Waals surface area contributed by atoms with E-state index in [0.717, 1.165) is 9.86 Å². The number of anilines is 2. The molecule has 0 aliphatic rings. The van der Waals surface area contributed by atoms with E-state index in [1.54, 1.807) is 55.5 Å². The summed E-state index contributed by atoms with van der Waals surface area (Å²) < 4.78 is 6.76. The fourth-order valence-electron chi connectivity index (χ4n) is 2.87. The second-order valence-electron chi connectivity index (χ2n) is 6.83. The Hall–Kier alpha value is -3.29. The lowest BCUT2D eigenvalue weighted by molar-refractivity contribution is 0.102. The van der Waals surface area contributed by atoms with Gasteiger partial charge in [0.25, 0.3) is 5.91 Å². The summed E-state index contributed by atoms with van der Waals surface area (Å²) in [5.74, 6) is -0.329. The number of carbonyl (C=O) groups is 1. The molecule has 0 aliphatic carbocycles. The van der Waals surface area contributed by atoms with Crippen LogP contribution in [0.15, 0.2) is 80.7 Å². The number of halogens is 2. The van der Waals surface area contributed by atoms with E-state index in [-0.39, 0.29) is 16.9 Å². The van der Waals surface area contributed by atoms with Gasteiger partial charge in [0, 0.05) is 26.6 Å². The molecule has 0 atom stereocenters. The highest BCUT2D eigenvalue weighted by molar-refractivity contribution is 9.10. The highest BCUT2D eigenvalue weighted by Gasteiger charge is 2.14. The van der Waals surface area contributed by atoms with Crippen molar-refractivity contribution in [3.05, 3.63) is 92.9 Å². The molecule has 0 radical (unpaired) electrons. The van der Waals surface area contributed by atoms with Gasteiger partial charge < -0.3 is 14.8 Å². The first-order valence-electron chi connectivity index (χ1n) is 9.29. The Labute approximate surface area is 191 Å². The number of carbonyl (C=O) groups excluding carboxylic acids is 1. The largest absolute Gasteiger partial charge is 0.508 e. The molecular weight excluding hydrogens is 482 g/mol. The van der Waals surface area contributed by atoms with E-state index in [1.807, 2.05) is 12.1 Å². The minimum atomic E-state index is -0.425. The van der Waals surface area contributed by atoms with Gasteiger partial charge in [-0.15, -0.1) is 5.10 Å². The highest BCUT2D eigenvalue weighted by atomic mass is 79.9. The Morgan fingerprint density at radius 1 is 1.03 bits per heavy atom. The van der Waals surface area contributed by atoms with Gasteiger partial charge in [-0.3, -0.25) is 10.2 Å². The van der Waals surface area contributed by atoms with Crippen LogP contribution in [0, 0.1) is 6.92 Å². The van der Waals surface area contributed by atoms with E-state index in [9.17, 15) is 9.90 Å². The van der Waals surface area contributed by atoms with E-state index in [0.29, 0.717) is 27.5 Å². The van der Waals surface area contributed by atoms with Gasteiger partial charge in [-0.25, -0.2) is 0 Å². The average molecular weight is 499 g/mol. The van der Waals surface area contributed by atoms with Crippen LogP contribution in [0.3, 0.4) is 0 Å². The molecule has 8 heteroatoms. The zero-order valence-electron chi connectivity index (χ0n) is 16.3. The van der Waals surface area contributed by atoms with Gasteiger partial charge in [-0.2, -0.15) is 0 Å². The molecule has 1 amide bonds. The number of aryl methyl sites for hydroxylation is 1. The maximum absolute atomic E-state index is 13.0. The third kappa shape index (κ3) is 4.90. The summed E-state index contributed by atoms with van der Waals surface area (Å²) in [7, 11) is 0. The molecule has 1 aromatic heterocycles. The predicted molar refractivity (Wildman–Crippen MR) is 125 cm³/mol. The van der Waals surface area contributed by atoms with Gasteiger partial charge in [0.15, 0.2) is 0 Å². The summed E-state index contributed by atoms with van der Waals surface area (Å²) in [5.41, 5.74) is 5.65. The molecule has 31 heavy (non-hydrogen) atoms. The molecule has 3 aromatic carbocycles. The van der Waals surface area contributed by atoms with Crippen molar-refractivity contribution in [1.82, 2.24) is 0 Å². The van der Waals surface area contributed by atoms with Crippen molar-refractivity contribution in [2.45, 2.75) is 6.92 Å². The van der Waals surface area contributed by atoms with Crippen LogP contribution in [0.4, 0.5) is 11.4 Å². The van der Waals surface area contributed by atoms with Crippen molar-refractivity contribution in [3.63, 3.8) is 0 Å². The van der Waals surface area contributed by atoms with Crippen molar-refractivity contribution < 1.29 is 14.3 Å². The lowest BCUT2D eigenvalue weighted by atomic mass is 10.1. The van der Waals surface area contributed by atoms with Gasteiger partial charge >= 0.3 is 0 Å². The summed E-state index contributed by atoms with van der Waals surface area (Å²) in [6.07, 6.45) is 0. The van der Waals surface area contributed by atoms with Crippen LogP contribution in [0.2, 0.25) is 5.02 Å². The average Bonchev–Trinajstić information content (AvgIpc) is 2.75. The minimum Gasteiger partial charge on any atom is -0.508 e. The molecule has 0 saturated carbocycles. The topological polar surface area (TPSA) is 86.9 Å². The Morgan fingerprint density at radius 3 is 2.52 bits per heavy atom. The van der Waals surface area contributed by atoms with Crippen molar-refractivity contribution >= 4 is 55.8 Å². The van der Waals surface area contributed by atoms with Gasteiger partial charge in [-0.05, 0) is 67.1 Å². The van der Waals surface area contributed by atoms with E-state index in [2.05, 4.69) is 31.8 Å². The number of benzene rings is 3. The molecule has 4 aromatic rings. The Balaban J connectivity index is 1.75. The number of hydrogen-bond acceptors (Lipinski definition) is 5. The summed E-state index contributed by atoms with van der Waals surface area (Å²) in [4.78, 5) is 13.0. The first kappa shape index (κ1) is 21.0. The van der Waals surface area contributed by atoms with Gasteiger partial charge in [0.05, 0.1) is 5.69 Å². The van der Waals surface area contributed by atoms with Crippen molar-refractivity contribution in [2.75, 3.05) is 10.7 Å². The number of phenolic OH excluding ortho intramolecular Hbond substituents is 1. The Kier molecular flexibility index (Phi) is 5.97. The number of nitrogens with one attached hydrogen (secondary N) is 2.